The van der Waals surface area contributed by atoms with Crippen molar-refractivity contribution in [3.8, 4) is 5.75 Å². The molecule has 1 aliphatic rings. The second kappa shape index (κ2) is 5.80. The first-order valence-corrected chi connectivity index (χ1v) is 8.20. The molecular formula is C19H15ClN2O2. The summed E-state index contributed by atoms with van der Waals surface area (Å²) in [4.78, 5) is 18.9. The molecule has 0 bridgehead atoms. The lowest BCUT2D eigenvalue weighted by molar-refractivity contribution is 0.0982. The average Bonchev–Trinajstić information content (AvgIpc) is 2.61. The Kier molecular flexibility index (Phi) is 3.62. The summed E-state index contributed by atoms with van der Waals surface area (Å²) in [5.41, 5.74) is 2.62. The molecule has 2 aromatic carbocycles. The number of benzene rings is 2. The van der Waals surface area contributed by atoms with E-state index in [0.29, 0.717) is 17.1 Å². The Morgan fingerprint density at radius 2 is 2.08 bits per heavy atom. The zero-order valence-electron chi connectivity index (χ0n) is 12.9. The summed E-state index contributed by atoms with van der Waals surface area (Å²) in [7, 11) is 0. The van der Waals surface area contributed by atoms with Gasteiger partial charge in [0.25, 0.3) is 5.91 Å². The minimum Gasteiger partial charge on any atom is -0.505 e. The second-order valence-electron chi connectivity index (χ2n) is 5.87. The summed E-state index contributed by atoms with van der Waals surface area (Å²) in [6, 6.07) is 12.7. The molecule has 0 unspecified atom stereocenters. The van der Waals surface area contributed by atoms with Gasteiger partial charge in [-0.2, -0.15) is 0 Å². The number of phenolic OH excluding ortho intramolecular Hbond substituents is 1. The molecule has 4 rings (SSSR count). The standard InChI is InChI=1S/C19H15ClN2O2/c20-14-6-8-16-13(11-14)4-2-10-22(16)19(24)15-7-5-12-3-1-9-21-17(12)18(15)23/h1,3,5-9,11,23H,2,4,10H2. The van der Waals surface area contributed by atoms with Gasteiger partial charge in [0.2, 0.25) is 0 Å². The third kappa shape index (κ3) is 2.39. The van der Waals surface area contributed by atoms with Crippen molar-refractivity contribution < 1.29 is 9.90 Å². The summed E-state index contributed by atoms with van der Waals surface area (Å²) < 4.78 is 0. The molecule has 0 saturated carbocycles. The van der Waals surface area contributed by atoms with Gasteiger partial charge < -0.3 is 10.0 Å². The van der Waals surface area contributed by atoms with Gasteiger partial charge in [0.1, 0.15) is 5.52 Å². The molecule has 120 valence electrons. The van der Waals surface area contributed by atoms with Crippen molar-refractivity contribution in [3.63, 3.8) is 0 Å². The summed E-state index contributed by atoms with van der Waals surface area (Å²) in [5.74, 6) is -0.289. The number of fused-ring (bicyclic) bond motifs is 2. The first-order chi connectivity index (χ1) is 11.6. The quantitative estimate of drug-likeness (QED) is 0.724. The van der Waals surface area contributed by atoms with Crippen LogP contribution in [-0.2, 0) is 6.42 Å². The number of rotatable bonds is 1. The number of nitrogens with zero attached hydrogens (tertiary/aromatic N) is 2. The SMILES string of the molecule is O=C(c1ccc2cccnc2c1O)N1CCCc2cc(Cl)ccc21. The maximum atomic E-state index is 13.0. The molecule has 1 aromatic heterocycles. The Balaban J connectivity index is 1.79. The van der Waals surface area contributed by atoms with Crippen molar-refractivity contribution in [1.29, 1.82) is 0 Å². The number of amides is 1. The molecular weight excluding hydrogens is 324 g/mol. The number of phenols is 1. The van der Waals surface area contributed by atoms with Gasteiger partial charge >= 0.3 is 0 Å². The lowest BCUT2D eigenvalue weighted by Gasteiger charge is -2.30. The lowest BCUT2D eigenvalue weighted by Crippen LogP contribution is -2.35. The third-order valence-corrected chi connectivity index (χ3v) is 4.62. The van der Waals surface area contributed by atoms with Crippen LogP contribution in [0.3, 0.4) is 0 Å². The van der Waals surface area contributed by atoms with Crippen LogP contribution in [0.2, 0.25) is 5.02 Å². The van der Waals surface area contributed by atoms with Crippen LogP contribution < -0.4 is 4.90 Å². The number of hydrogen-bond acceptors (Lipinski definition) is 3. The molecule has 0 aliphatic carbocycles. The maximum absolute atomic E-state index is 13.0. The van der Waals surface area contributed by atoms with Gasteiger partial charge in [0, 0.05) is 28.8 Å². The van der Waals surface area contributed by atoms with Crippen LogP contribution in [0.4, 0.5) is 5.69 Å². The fourth-order valence-corrected chi connectivity index (χ4v) is 3.42. The number of carbonyl (C=O) groups excluding carboxylic acids is 1. The van der Waals surface area contributed by atoms with Crippen molar-refractivity contribution in [1.82, 2.24) is 4.98 Å². The number of anilines is 1. The fraction of sp³-hybridized carbons (Fsp3) is 0.158. The van der Waals surface area contributed by atoms with E-state index in [1.165, 1.54) is 0 Å². The van der Waals surface area contributed by atoms with Crippen LogP contribution in [0, 0.1) is 0 Å². The van der Waals surface area contributed by atoms with Crippen LogP contribution in [0.15, 0.2) is 48.7 Å². The van der Waals surface area contributed by atoms with E-state index in [9.17, 15) is 9.90 Å². The zero-order valence-corrected chi connectivity index (χ0v) is 13.6. The molecule has 24 heavy (non-hydrogen) atoms. The molecule has 1 aliphatic heterocycles. The summed E-state index contributed by atoms with van der Waals surface area (Å²) >= 11 is 6.06. The molecule has 0 atom stereocenters. The molecule has 0 saturated heterocycles. The maximum Gasteiger partial charge on any atom is 0.262 e. The summed E-state index contributed by atoms with van der Waals surface area (Å²) in [6.45, 7) is 0.618. The van der Waals surface area contributed by atoms with E-state index in [-0.39, 0.29) is 17.2 Å². The Hall–Kier alpha value is -2.59. The normalized spacial score (nSPS) is 13.8. The van der Waals surface area contributed by atoms with Crippen LogP contribution in [0.1, 0.15) is 22.3 Å². The highest BCUT2D eigenvalue weighted by atomic mass is 35.5. The molecule has 3 aromatic rings. The highest BCUT2D eigenvalue weighted by Gasteiger charge is 2.26. The molecule has 1 N–H and O–H groups in total. The first kappa shape index (κ1) is 15.0. The number of hydrogen-bond donors (Lipinski definition) is 1. The minimum absolute atomic E-state index is 0.0702. The summed E-state index contributed by atoms with van der Waals surface area (Å²) in [6.07, 6.45) is 3.37. The van der Waals surface area contributed by atoms with Crippen molar-refractivity contribution in [2.75, 3.05) is 11.4 Å². The Morgan fingerprint density at radius 1 is 1.21 bits per heavy atom. The van der Waals surface area contributed by atoms with Crippen LogP contribution in [0.25, 0.3) is 10.9 Å². The van der Waals surface area contributed by atoms with Crippen LogP contribution in [-0.4, -0.2) is 22.5 Å². The number of halogens is 1. The zero-order chi connectivity index (χ0) is 16.7. The van der Waals surface area contributed by atoms with E-state index in [4.69, 9.17) is 11.6 Å². The van der Waals surface area contributed by atoms with Gasteiger partial charge in [-0.1, -0.05) is 23.7 Å². The van der Waals surface area contributed by atoms with E-state index in [1.807, 2.05) is 24.3 Å². The van der Waals surface area contributed by atoms with E-state index in [0.717, 1.165) is 29.5 Å². The molecule has 5 heteroatoms. The van der Waals surface area contributed by atoms with E-state index < -0.39 is 0 Å². The van der Waals surface area contributed by atoms with Crippen molar-refractivity contribution >= 4 is 34.1 Å². The molecule has 0 spiro atoms. The Bertz CT molecular complexity index is 955. The number of aromatic nitrogens is 1. The highest BCUT2D eigenvalue weighted by molar-refractivity contribution is 6.30. The summed E-state index contributed by atoms with van der Waals surface area (Å²) in [5, 5.41) is 12.0. The predicted octanol–water partition coefficient (Wildman–Crippen LogP) is 4.19. The number of carbonyl (C=O) groups is 1. The molecule has 0 fully saturated rings. The lowest BCUT2D eigenvalue weighted by atomic mass is 10.00. The van der Waals surface area contributed by atoms with Crippen LogP contribution >= 0.6 is 11.6 Å². The largest absolute Gasteiger partial charge is 0.505 e. The average molecular weight is 339 g/mol. The van der Waals surface area contributed by atoms with Crippen molar-refractivity contribution in [3.05, 3.63) is 64.8 Å². The van der Waals surface area contributed by atoms with Gasteiger partial charge in [-0.25, -0.2) is 0 Å². The van der Waals surface area contributed by atoms with E-state index >= 15 is 0 Å². The topological polar surface area (TPSA) is 53.4 Å². The molecule has 1 amide bonds. The van der Waals surface area contributed by atoms with Crippen molar-refractivity contribution in [2.24, 2.45) is 0 Å². The first-order valence-electron chi connectivity index (χ1n) is 7.82. The van der Waals surface area contributed by atoms with Gasteiger partial charge in [0.15, 0.2) is 5.75 Å². The fourth-order valence-electron chi connectivity index (χ4n) is 3.22. The highest BCUT2D eigenvalue weighted by Crippen LogP contribution is 2.33. The Labute approximate surface area is 144 Å². The van der Waals surface area contributed by atoms with Crippen molar-refractivity contribution in [2.45, 2.75) is 12.8 Å². The molecule has 4 nitrogen and oxygen atoms in total. The van der Waals surface area contributed by atoms with E-state index in [2.05, 4.69) is 4.98 Å². The minimum atomic E-state index is -0.219. The van der Waals surface area contributed by atoms with Gasteiger partial charge in [-0.3, -0.25) is 9.78 Å². The second-order valence-corrected chi connectivity index (χ2v) is 6.31. The number of aromatic hydroxyl groups is 1. The van der Waals surface area contributed by atoms with E-state index in [1.54, 1.807) is 29.3 Å². The van der Waals surface area contributed by atoms with Gasteiger partial charge in [-0.05, 0) is 48.7 Å². The number of aryl methyl sites for hydroxylation is 1. The Morgan fingerprint density at radius 3 is 2.96 bits per heavy atom. The van der Waals surface area contributed by atoms with Gasteiger partial charge in [-0.15, -0.1) is 0 Å². The third-order valence-electron chi connectivity index (χ3n) is 4.38. The number of pyridine rings is 1. The van der Waals surface area contributed by atoms with Gasteiger partial charge in [0.05, 0.1) is 5.56 Å². The molecule has 0 radical (unpaired) electrons. The van der Waals surface area contributed by atoms with Crippen LogP contribution in [0.5, 0.6) is 5.75 Å². The monoisotopic (exact) mass is 338 g/mol. The smallest absolute Gasteiger partial charge is 0.262 e. The molecule has 2 heterocycles. The predicted molar refractivity (Wildman–Crippen MR) is 94.9 cm³/mol.